The normalized spacial score (nSPS) is 12.7. The number of hydrogen-bond acceptors (Lipinski definition) is 3. The molecule has 114 valence electrons. The molecular formula is C17H29NO2. The van der Waals surface area contributed by atoms with E-state index >= 15 is 0 Å². The summed E-state index contributed by atoms with van der Waals surface area (Å²) in [5.41, 5.74) is 1.30. The Labute approximate surface area is 123 Å². The molecule has 1 aromatic carbocycles. The van der Waals surface area contributed by atoms with E-state index in [1.54, 1.807) is 0 Å². The van der Waals surface area contributed by atoms with Crippen molar-refractivity contribution in [2.45, 2.75) is 46.1 Å². The van der Waals surface area contributed by atoms with Crippen LogP contribution in [0.1, 0.15) is 39.2 Å². The molecule has 0 aliphatic rings. The standard InChI is InChI=1S/C17H29NO2/c1-4-15-7-9-17(10-8-15)20-13-16(19)12-18-11-5-6-14(2)3/h7-10,14,16,18-19H,4-6,11-13H2,1-3H3. The molecular weight excluding hydrogens is 250 g/mol. The summed E-state index contributed by atoms with van der Waals surface area (Å²) in [6.07, 6.45) is 2.95. The minimum Gasteiger partial charge on any atom is -0.491 e. The predicted octanol–water partition coefficient (Wildman–Crippen LogP) is 3.01. The summed E-state index contributed by atoms with van der Waals surface area (Å²) in [6, 6.07) is 8.04. The number of ether oxygens (including phenoxy) is 1. The molecule has 1 rings (SSSR count). The van der Waals surface area contributed by atoms with Crippen LogP contribution in [0, 0.1) is 5.92 Å². The maximum Gasteiger partial charge on any atom is 0.119 e. The summed E-state index contributed by atoms with van der Waals surface area (Å²) in [7, 11) is 0. The van der Waals surface area contributed by atoms with Crippen LogP contribution in [0.25, 0.3) is 0 Å². The first-order valence-electron chi connectivity index (χ1n) is 7.72. The number of benzene rings is 1. The SMILES string of the molecule is CCc1ccc(OCC(O)CNCCCC(C)C)cc1. The van der Waals surface area contributed by atoms with Gasteiger partial charge in [0.15, 0.2) is 0 Å². The average Bonchev–Trinajstić information content (AvgIpc) is 2.45. The summed E-state index contributed by atoms with van der Waals surface area (Å²) >= 11 is 0. The van der Waals surface area contributed by atoms with Crippen LogP contribution in [0.2, 0.25) is 0 Å². The fourth-order valence-electron chi connectivity index (χ4n) is 1.98. The molecule has 0 heterocycles. The lowest BCUT2D eigenvalue weighted by molar-refractivity contribution is 0.106. The van der Waals surface area contributed by atoms with Gasteiger partial charge in [0.2, 0.25) is 0 Å². The quantitative estimate of drug-likeness (QED) is 0.647. The van der Waals surface area contributed by atoms with Crippen LogP contribution in [0.4, 0.5) is 0 Å². The first-order valence-corrected chi connectivity index (χ1v) is 7.72. The Morgan fingerprint density at radius 2 is 1.90 bits per heavy atom. The van der Waals surface area contributed by atoms with E-state index in [2.05, 4.69) is 38.2 Å². The molecule has 0 radical (unpaired) electrons. The molecule has 0 aliphatic heterocycles. The van der Waals surface area contributed by atoms with Crippen molar-refractivity contribution >= 4 is 0 Å². The minimum absolute atomic E-state index is 0.336. The van der Waals surface area contributed by atoms with Crippen molar-refractivity contribution in [2.24, 2.45) is 5.92 Å². The molecule has 3 nitrogen and oxygen atoms in total. The first kappa shape index (κ1) is 17.0. The van der Waals surface area contributed by atoms with Crippen molar-refractivity contribution < 1.29 is 9.84 Å². The van der Waals surface area contributed by atoms with Crippen LogP contribution in [0.15, 0.2) is 24.3 Å². The molecule has 0 amide bonds. The summed E-state index contributed by atoms with van der Waals surface area (Å²) in [4.78, 5) is 0. The van der Waals surface area contributed by atoms with Crippen molar-refractivity contribution in [2.75, 3.05) is 19.7 Å². The monoisotopic (exact) mass is 279 g/mol. The van der Waals surface area contributed by atoms with Crippen LogP contribution in [0.5, 0.6) is 5.75 Å². The summed E-state index contributed by atoms with van der Waals surface area (Å²) in [5.74, 6) is 1.57. The number of nitrogens with one attached hydrogen (secondary N) is 1. The Balaban J connectivity index is 2.11. The van der Waals surface area contributed by atoms with Crippen LogP contribution in [-0.4, -0.2) is 30.9 Å². The molecule has 20 heavy (non-hydrogen) atoms. The van der Waals surface area contributed by atoms with Crippen molar-refractivity contribution in [1.29, 1.82) is 0 Å². The van der Waals surface area contributed by atoms with Crippen molar-refractivity contribution in [1.82, 2.24) is 5.32 Å². The number of aliphatic hydroxyl groups excluding tert-OH is 1. The molecule has 0 fully saturated rings. The van der Waals surface area contributed by atoms with E-state index in [4.69, 9.17) is 4.74 Å². The third kappa shape index (κ3) is 7.51. The Hall–Kier alpha value is -1.06. The molecule has 0 spiro atoms. The highest BCUT2D eigenvalue weighted by atomic mass is 16.5. The van der Waals surface area contributed by atoms with E-state index in [-0.39, 0.29) is 0 Å². The van der Waals surface area contributed by atoms with Gasteiger partial charge in [-0.05, 0) is 49.4 Å². The Morgan fingerprint density at radius 1 is 1.20 bits per heavy atom. The summed E-state index contributed by atoms with van der Waals surface area (Å²) in [6.45, 7) is 8.47. The van der Waals surface area contributed by atoms with Crippen LogP contribution in [-0.2, 0) is 6.42 Å². The third-order valence-corrected chi connectivity index (χ3v) is 3.29. The summed E-state index contributed by atoms with van der Waals surface area (Å²) < 4.78 is 5.57. The smallest absolute Gasteiger partial charge is 0.119 e. The average molecular weight is 279 g/mol. The molecule has 1 unspecified atom stereocenters. The highest BCUT2D eigenvalue weighted by molar-refractivity contribution is 5.27. The van der Waals surface area contributed by atoms with Gasteiger partial charge in [0.1, 0.15) is 18.5 Å². The predicted molar refractivity (Wildman–Crippen MR) is 84.3 cm³/mol. The van der Waals surface area contributed by atoms with E-state index in [1.165, 1.54) is 12.0 Å². The molecule has 2 N–H and O–H groups in total. The third-order valence-electron chi connectivity index (χ3n) is 3.29. The Kier molecular flexibility index (Phi) is 8.31. The molecule has 3 heteroatoms. The highest BCUT2D eigenvalue weighted by Gasteiger charge is 2.05. The second-order valence-electron chi connectivity index (χ2n) is 5.70. The zero-order valence-corrected chi connectivity index (χ0v) is 13.1. The van der Waals surface area contributed by atoms with E-state index in [1.807, 2.05) is 12.1 Å². The first-order chi connectivity index (χ1) is 9.61. The van der Waals surface area contributed by atoms with E-state index in [9.17, 15) is 5.11 Å². The van der Waals surface area contributed by atoms with Crippen LogP contribution in [0.3, 0.4) is 0 Å². The maximum atomic E-state index is 9.83. The van der Waals surface area contributed by atoms with Gasteiger partial charge in [-0.3, -0.25) is 0 Å². The van der Waals surface area contributed by atoms with Crippen LogP contribution >= 0.6 is 0 Å². The van der Waals surface area contributed by atoms with Gasteiger partial charge in [-0.2, -0.15) is 0 Å². The van der Waals surface area contributed by atoms with Gasteiger partial charge in [-0.15, -0.1) is 0 Å². The lowest BCUT2D eigenvalue weighted by Gasteiger charge is -2.14. The second-order valence-corrected chi connectivity index (χ2v) is 5.70. The van der Waals surface area contributed by atoms with E-state index in [0.717, 1.165) is 31.1 Å². The topological polar surface area (TPSA) is 41.5 Å². The number of aryl methyl sites for hydroxylation is 1. The molecule has 0 saturated carbocycles. The van der Waals surface area contributed by atoms with Gasteiger partial charge >= 0.3 is 0 Å². The fraction of sp³-hybridized carbons (Fsp3) is 0.647. The zero-order valence-electron chi connectivity index (χ0n) is 13.1. The van der Waals surface area contributed by atoms with Gasteiger partial charge < -0.3 is 15.2 Å². The maximum absolute atomic E-state index is 9.83. The highest BCUT2D eigenvalue weighted by Crippen LogP contribution is 2.12. The zero-order chi connectivity index (χ0) is 14.8. The molecule has 0 saturated heterocycles. The van der Waals surface area contributed by atoms with Gasteiger partial charge in [0.25, 0.3) is 0 Å². The minimum atomic E-state index is -0.458. The second kappa shape index (κ2) is 9.78. The molecule has 1 aromatic rings. The van der Waals surface area contributed by atoms with Gasteiger partial charge in [0, 0.05) is 6.54 Å². The van der Waals surface area contributed by atoms with Crippen molar-refractivity contribution in [3.05, 3.63) is 29.8 Å². The lowest BCUT2D eigenvalue weighted by Crippen LogP contribution is -2.32. The fourth-order valence-corrected chi connectivity index (χ4v) is 1.98. The lowest BCUT2D eigenvalue weighted by atomic mass is 10.1. The number of aliphatic hydroxyl groups is 1. The summed E-state index contributed by atoms with van der Waals surface area (Å²) in [5, 5.41) is 13.1. The molecule has 0 aromatic heterocycles. The van der Waals surface area contributed by atoms with Gasteiger partial charge in [-0.1, -0.05) is 32.9 Å². The Bertz CT molecular complexity index is 349. The molecule has 1 atom stereocenters. The van der Waals surface area contributed by atoms with E-state index < -0.39 is 6.10 Å². The molecule has 0 bridgehead atoms. The van der Waals surface area contributed by atoms with Crippen molar-refractivity contribution in [3.63, 3.8) is 0 Å². The number of rotatable bonds is 10. The van der Waals surface area contributed by atoms with Gasteiger partial charge in [0.05, 0.1) is 0 Å². The molecule has 0 aliphatic carbocycles. The van der Waals surface area contributed by atoms with Crippen LogP contribution < -0.4 is 10.1 Å². The van der Waals surface area contributed by atoms with E-state index in [0.29, 0.717) is 13.2 Å². The Morgan fingerprint density at radius 3 is 2.50 bits per heavy atom. The largest absolute Gasteiger partial charge is 0.491 e. The van der Waals surface area contributed by atoms with Gasteiger partial charge in [-0.25, -0.2) is 0 Å². The van der Waals surface area contributed by atoms with Crippen molar-refractivity contribution in [3.8, 4) is 5.75 Å². The number of hydrogen-bond donors (Lipinski definition) is 2.